The van der Waals surface area contributed by atoms with Crippen LogP contribution in [0, 0.1) is 6.92 Å². The van der Waals surface area contributed by atoms with Crippen LogP contribution in [0.3, 0.4) is 0 Å². The van der Waals surface area contributed by atoms with Gasteiger partial charge >= 0.3 is 0 Å². The predicted molar refractivity (Wildman–Crippen MR) is 77.6 cm³/mol. The molecular formula is C14H16N2O2S. The van der Waals surface area contributed by atoms with E-state index in [1.54, 1.807) is 36.6 Å². The number of nitrogens with one attached hydrogen (secondary N) is 1. The number of nitrogen functional groups attached to an aromatic ring is 1. The molecule has 0 saturated heterocycles. The van der Waals surface area contributed by atoms with Gasteiger partial charge in [-0.05, 0) is 37.3 Å². The predicted octanol–water partition coefficient (Wildman–Crippen LogP) is 2.58. The molecule has 2 rings (SSSR count). The molecule has 5 heteroatoms. The molecule has 2 aromatic rings. The van der Waals surface area contributed by atoms with Crippen LogP contribution >= 0.6 is 11.3 Å². The Hall–Kier alpha value is -2.01. The first kappa shape index (κ1) is 13.4. The van der Waals surface area contributed by atoms with Crippen molar-refractivity contribution in [2.24, 2.45) is 0 Å². The highest BCUT2D eigenvalue weighted by Gasteiger charge is 2.11. The first-order valence-corrected chi connectivity index (χ1v) is 6.69. The van der Waals surface area contributed by atoms with Gasteiger partial charge in [-0.2, -0.15) is 0 Å². The van der Waals surface area contributed by atoms with Gasteiger partial charge in [0.05, 0.1) is 19.2 Å². The number of carbonyl (C=O) groups is 1. The smallest absolute Gasteiger partial charge is 0.253 e. The molecule has 19 heavy (non-hydrogen) atoms. The number of carbonyl (C=O) groups excluding carboxylic acids is 1. The largest absolute Gasteiger partial charge is 0.497 e. The van der Waals surface area contributed by atoms with E-state index in [1.807, 2.05) is 19.1 Å². The Balaban J connectivity index is 2.07. The zero-order chi connectivity index (χ0) is 13.8. The molecule has 0 radical (unpaired) electrons. The van der Waals surface area contributed by atoms with Crippen LogP contribution in [0.5, 0.6) is 5.75 Å². The van der Waals surface area contributed by atoms with Crippen LogP contribution in [-0.2, 0) is 6.54 Å². The van der Waals surface area contributed by atoms with Crippen molar-refractivity contribution in [1.82, 2.24) is 5.32 Å². The summed E-state index contributed by atoms with van der Waals surface area (Å²) in [7, 11) is 1.56. The molecule has 0 unspecified atom stereocenters. The molecule has 4 nitrogen and oxygen atoms in total. The monoisotopic (exact) mass is 276 g/mol. The highest BCUT2D eigenvalue weighted by molar-refractivity contribution is 7.11. The molecule has 1 aromatic heterocycles. The third-order valence-electron chi connectivity index (χ3n) is 2.72. The van der Waals surface area contributed by atoms with Gasteiger partial charge in [0.15, 0.2) is 0 Å². The van der Waals surface area contributed by atoms with Gasteiger partial charge in [-0.15, -0.1) is 11.3 Å². The number of thiophene rings is 1. The number of aryl methyl sites for hydroxylation is 1. The Bertz CT molecular complexity index is 593. The van der Waals surface area contributed by atoms with Crippen molar-refractivity contribution in [3.05, 3.63) is 45.6 Å². The molecule has 1 heterocycles. The van der Waals surface area contributed by atoms with Crippen LogP contribution in [0.4, 0.5) is 5.69 Å². The second kappa shape index (κ2) is 5.75. The average molecular weight is 276 g/mol. The summed E-state index contributed by atoms with van der Waals surface area (Å²) in [5.74, 6) is 0.425. The van der Waals surface area contributed by atoms with E-state index in [9.17, 15) is 4.79 Å². The number of hydrogen-bond acceptors (Lipinski definition) is 4. The number of methoxy groups -OCH3 is 1. The number of ether oxygens (including phenoxy) is 1. The summed E-state index contributed by atoms with van der Waals surface area (Å²) in [6, 6.07) is 9.09. The molecular weight excluding hydrogens is 260 g/mol. The number of anilines is 1. The third-order valence-corrected chi connectivity index (χ3v) is 3.72. The summed E-state index contributed by atoms with van der Waals surface area (Å²) in [6.07, 6.45) is 0. The summed E-state index contributed by atoms with van der Waals surface area (Å²) < 4.78 is 5.09. The van der Waals surface area contributed by atoms with E-state index in [0.29, 0.717) is 23.5 Å². The molecule has 0 fully saturated rings. The summed E-state index contributed by atoms with van der Waals surface area (Å²) in [5, 5.41) is 2.86. The zero-order valence-electron chi connectivity index (χ0n) is 10.9. The molecule has 1 aromatic carbocycles. The van der Waals surface area contributed by atoms with Gasteiger partial charge in [0, 0.05) is 15.4 Å². The highest BCUT2D eigenvalue weighted by Crippen LogP contribution is 2.20. The van der Waals surface area contributed by atoms with Gasteiger partial charge in [-0.3, -0.25) is 4.79 Å². The quantitative estimate of drug-likeness (QED) is 0.844. The number of rotatable bonds is 4. The normalized spacial score (nSPS) is 10.2. The van der Waals surface area contributed by atoms with Crippen LogP contribution in [0.15, 0.2) is 30.3 Å². The van der Waals surface area contributed by atoms with Crippen molar-refractivity contribution in [1.29, 1.82) is 0 Å². The lowest BCUT2D eigenvalue weighted by atomic mass is 10.1. The number of nitrogens with two attached hydrogens (primary N) is 1. The highest BCUT2D eigenvalue weighted by atomic mass is 32.1. The second-order valence-electron chi connectivity index (χ2n) is 4.15. The summed E-state index contributed by atoms with van der Waals surface area (Å²) >= 11 is 1.67. The maximum absolute atomic E-state index is 12.1. The standard InChI is InChI=1S/C14H16N2O2S/c1-9-3-5-11(19-9)8-16-14(17)12-7-10(18-2)4-6-13(12)15/h3-7H,8,15H2,1-2H3,(H,16,17). The van der Waals surface area contributed by atoms with Crippen molar-refractivity contribution >= 4 is 22.9 Å². The van der Waals surface area contributed by atoms with E-state index in [4.69, 9.17) is 10.5 Å². The molecule has 0 atom stereocenters. The fourth-order valence-corrected chi connectivity index (χ4v) is 2.53. The van der Waals surface area contributed by atoms with Gasteiger partial charge in [0.1, 0.15) is 5.75 Å². The number of amides is 1. The van der Waals surface area contributed by atoms with Crippen molar-refractivity contribution in [2.45, 2.75) is 13.5 Å². The van der Waals surface area contributed by atoms with E-state index in [-0.39, 0.29) is 5.91 Å². The van der Waals surface area contributed by atoms with Crippen LogP contribution in [0.25, 0.3) is 0 Å². The third kappa shape index (κ3) is 3.26. The lowest BCUT2D eigenvalue weighted by molar-refractivity contribution is 0.0952. The van der Waals surface area contributed by atoms with Gasteiger partial charge in [0.2, 0.25) is 0 Å². The summed E-state index contributed by atoms with van der Waals surface area (Å²) in [4.78, 5) is 14.4. The maximum atomic E-state index is 12.1. The fourth-order valence-electron chi connectivity index (χ4n) is 1.70. The Morgan fingerprint density at radius 1 is 1.37 bits per heavy atom. The molecule has 0 aliphatic heterocycles. The molecule has 0 bridgehead atoms. The molecule has 0 aliphatic rings. The fraction of sp³-hybridized carbons (Fsp3) is 0.214. The van der Waals surface area contributed by atoms with Gasteiger partial charge in [-0.1, -0.05) is 0 Å². The second-order valence-corrected chi connectivity index (χ2v) is 5.52. The van der Waals surface area contributed by atoms with Crippen LogP contribution in [-0.4, -0.2) is 13.0 Å². The molecule has 0 spiro atoms. The maximum Gasteiger partial charge on any atom is 0.253 e. The molecule has 100 valence electrons. The number of benzene rings is 1. The lowest BCUT2D eigenvalue weighted by Crippen LogP contribution is -2.23. The van der Waals surface area contributed by atoms with E-state index < -0.39 is 0 Å². The average Bonchev–Trinajstić information content (AvgIpc) is 2.82. The lowest BCUT2D eigenvalue weighted by Gasteiger charge is -2.08. The van der Waals surface area contributed by atoms with Gasteiger partial charge in [0.25, 0.3) is 5.91 Å². The first-order valence-electron chi connectivity index (χ1n) is 5.87. The van der Waals surface area contributed by atoms with Crippen molar-refractivity contribution in [3.63, 3.8) is 0 Å². The zero-order valence-corrected chi connectivity index (χ0v) is 11.7. The summed E-state index contributed by atoms with van der Waals surface area (Å²) in [6.45, 7) is 2.55. The van der Waals surface area contributed by atoms with Gasteiger partial charge < -0.3 is 15.8 Å². The minimum atomic E-state index is -0.192. The molecule has 0 saturated carbocycles. The Morgan fingerprint density at radius 3 is 2.79 bits per heavy atom. The van der Waals surface area contributed by atoms with Crippen LogP contribution < -0.4 is 15.8 Å². The van der Waals surface area contributed by atoms with Crippen molar-refractivity contribution in [2.75, 3.05) is 12.8 Å². The minimum absolute atomic E-state index is 0.192. The molecule has 3 N–H and O–H groups in total. The van der Waals surface area contributed by atoms with E-state index in [0.717, 1.165) is 4.88 Å². The minimum Gasteiger partial charge on any atom is -0.497 e. The van der Waals surface area contributed by atoms with Crippen LogP contribution in [0.2, 0.25) is 0 Å². The molecule has 1 amide bonds. The van der Waals surface area contributed by atoms with E-state index in [1.165, 1.54) is 4.88 Å². The molecule has 0 aliphatic carbocycles. The Labute approximate surface area is 116 Å². The first-order chi connectivity index (χ1) is 9.10. The number of hydrogen-bond donors (Lipinski definition) is 2. The SMILES string of the molecule is COc1ccc(N)c(C(=O)NCc2ccc(C)s2)c1. The van der Waals surface area contributed by atoms with E-state index >= 15 is 0 Å². The van der Waals surface area contributed by atoms with Crippen molar-refractivity contribution < 1.29 is 9.53 Å². The Morgan fingerprint density at radius 2 is 2.16 bits per heavy atom. The van der Waals surface area contributed by atoms with E-state index in [2.05, 4.69) is 5.32 Å². The topological polar surface area (TPSA) is 64.3 Å². The van der Waals surface area contributed by atoms with Gasteiger partial charge in [-0.25, -0.2) is 0 Å². The van der Waals surface area contributed by atoms with Crippen molar-refractivity contribution in [3.8, 4) is 5.75 Å². The Kier molecular flexibility index (Phi) is 4.06. The summed E-state index contributed by atoms with van der Waals surface area (Å²) in [5.41, 5.74) is 6.69. The van der Waals surface area contributed by atoms with Crippen LogP contribution in [0.1, 0.15) is 20.1 Å².